The highest BCUT2D eigenvalue weighted by molar-refractivity contribution is 6.12. The second-order valence-electron chi connectivity index (χ2n) is 6.13. The molecule has 0 spiro atoms. The molecule has 0 unspecified atom stereocenters. The molecule has 126 valence electrons. The average Bonchev–Trinajstić information content (AvgIpc) is 2.52. The highest BCUT2D eigenvalue weighted by atomic mass is 15.1. The van der Waals surface area contributed by atoms with Crippen molar-refractivity contribution in [1.29, 1.82) is 0 Å². The Hall–Kier alpha value is -1.67. The lowest BCUT2D eigenvalue weighted by molar-refractivity contribution is 0.293. The van der Waals surface area contributed by atoms with Gasteiger partial charge in [0.2, 0.25) is 0 Å². The van der Waals surface area contributed by atoms with Gasteiger partial charge in [0.1, 0.15) is 0 Å². The third-order valence-electron chi connectivity index (χ3n) is 3.87. The summed E-state index contributed by atoms with van der Waals surface area (Å²) in [5.41, 5.74) is 4.84. The minimum Gasteiger partial charge on any atom is -0.302 e. The van der Waals surface area contributed by atoms with Crippen molar-refractivity contribution in [1.82, 2.24) is 4.90 Å². The molecule has 1 aliphatic carbocycles. The zero-order valence-electron chi connectivity index (χ0n) is 15.3. The molecule has 2 nitrogen and oxygen atoms in total. The standard InChI is InChI=1S/C21H32N2/c1-6-8-11-20-17-19(5)12-13-21(20)22-14-16-23(7-2)15-9-10-18(3)4/h6,8,11-13,17H,3,7,9-10,14-16H2,1-2,4-5H3/b8-6+,20-11-,22-21-. The number of aliphatic imine (C=N–C) groups is 1. The van der Waals surface area contributed by atoms with E-state index >= 15 is 0 Å². The summed E-state index contributed by atoms with van der Waals surface area (Å²) in [4.78, 5) is 7.28. The van der Waals surface area contributed by atoms with Crippen molar-refractivity contribution in [2.45, 2.75) is 40.5 Å². The molecule has 0 bridgehead atoms. The van der Waals surface area contributed by atoms with Crippen LogP contribution in [0.4, 0.5) is 0 Å². The summed E-state index contributed by atoms with van der Waals surface area (Å²) in [6.07, 6.45) is 15.0. The van der Waals surface area contributed by atoms with E-state index in [-0.39, 0.29) is 0 Å². The number of rotatable bonds is 9. The maximum atomic E-state index is 4.81. The summed E-state index contributed by atoms with van der Waals surface area (Å²) in [6, 6.07) is 0. The van der Waals surface area contributed by atoms with Crippen LogP contribution in [-0.2, 0) is 0 Å². The molecule has 0 atom stereocenters. The zero-order chi connectivity index (χ0) is 17.1. The van der Waals surface area contributed by atoms with Gasteiger partial charge in [-0.05, 0) is 64.4 Å². The number of hydrogen-bond acceptors (Lipinski definition) is 2. The van der Waals surface area contributed by atoms with Crippen molar-refractivity contribution in [3.63, 3.8) is 0 Å². The van der Waals surface area contributed by atoms with Crippen molar-refractivity contribution < 1.29 is 0 Å². The van der Waals surface area contributed by atoms with Crippen LogP contribution in [-0.4, -0.2) is 36.8 Å². The van der Waals surface area contributed by atoms with Gasteiger partial charge >= 0.3 is 0 Å². The molecule has 0 fully saturated rings. The molecule has 0 heterocycles. The van der Waals surface area contributed by atoms with E-state index in [0.29, 0.717) is 0 Å². The first-order valence-corrected chi connectivity index (χ1v) is 8.67. The Morgan fingerprint density at radius 2 is 2.09 bits per heavy atom. The highest BCUT2D eigenvalue weighted by Gasteiger charge is 2.06. The Balaban J connectivity index is 2.57. The van der Waals surface area contributed by atoms with Gasteiger partial charge in [0.25, 0.3) is 0 Å². The summed E-state index contributed by atoms with van der Waals surface area (Å²) < 4.78 is 0. The number of hydrogen-bond donors (Lipinski definition) is 0. The van der Waals surface area contributed by atoms with Gasteiger partial charge < -0.3 is 4.90 Å². The van der Waals surface area contributed by atoms with E-state index in [0.717, 1.165) is 38.3 Å². The van der Waals surface area contributed by atoms with Crippen molar-refractivity contribution >= 4 is 5.71 Å². The Kier molecular flexibility index (Phi) is 9.23. The SMILES string of the molecule is C=C(C)CCCN(CC)CC/N=C1/C=CC(C)=C/C1=C/C=C/C. The van der Waals surface area contributed by atoms with Crippen LogP contribution < -0.4 is 0 Å². The van der Waals surface area contributed by atoms with E-state index in [1.807, 2.05) is 13.0 Å². The number of allylic oxidation sites excluding steroid dienone is 9. The molecule has 0 aromatic heterocycles. The van der Waals surface area contributed by atoms with Gasteiger partial charge in [0.15, 0.2) is 0 Å². The largest absolute Gasteiger partial charge is 0.302 e. The molecule has 23 heavy (non-hydrogen) atoms. The summed E-state index contributed by atoms with van der Waals surface area (Å²) in [5, 5.41) is 0. The molecule has 2 heteroatoms. The fourth-order valence-electron chi connectivity index (χ4n) is 2.50. The Bertz CT molecular complexity index is 530. The molecular formula is C21H32N2. The minimum atomic E-state index is 0.848. The lowest BCUT2D eigenvalue weighted by atomic mass is 10.0. The first kappa shape index (κ1) is 19.4. The van der Waals surface area contributed by atoms with Gasteiger partial charge in [-0.2, -0.15) is 0 Å². The van der Waals surface area contributed by atoms with Crippen LogP contribution in [0.3, 0.4) is 0 Å². The summed E-state index contributed by atoms with van der Waals surface area (Å²) in [7, 11) is 0. The summed E-state index contributed by atoms with van der Waals surface area (Å²) in [5.74, 6) is 0. The maximum Gasteiger partial charge on any atom is 0.0647 e. The third-order valence-corrected chi connectivity index (χ3v) is 3.87. The van der Waals surface area contributed by atoms with Crippen molar-refractivity contribution in [2.75, 3.05) is 26.2 Å². The van der Waals surface area contributed by atoms with Crippen LogP contribution in [0, 0.1) is 0 Å². The molecular weight excluding hydrogens is 280 g/mol. The van der Waals surface area contributed by atoms with E-state index in [1.165, 1.54) is 23.1 Å². The van der Waals surface area contributed by atoms with Gasteiger partial charge in [0.05, 0.1) is 12.3 Å². The third kappa shape index (κ3) is 7.94. The zero-order valence-corrected chi connectivity index (χ0v) is 15.3. The van der Waals surface area contributed by atoms with Gasteiger partial charge in [0, 0.05) is 6.54 Å². The van der Waals surface area contributed by atoms with Crippen LogP contribution >= 0.6 is 0 Å². The van der Waals surface area contributed by atoms with Crippen LogP contribution in [0.2, 0.25) is 0 Å². The molecule has 1 rings (SSSR count). The number of nitrogens with zero attached hydrogens (tertiary/aromatic N) is 2. The first-order chi connectivity index (χ1) is 11.1. The second-order valence-corrected chi connectivity index (χ2v) is 6.13. The van der Waals surface area contributed by atoms with Crippen molar-refractivity contribution in [3.05, 3.63) is 59.8 Å². The van der Waals surface area contributed by atoms with Crippen molar-refractivity contribution in [2.24, 2.45) is 4.99 Å². The topological polar surface area (TPSA) is 15.6 Å². The normalized spacial score (nSPS) is 18.4. The van der Waals surface area contributed by atoms with Crippen LogP contribution in [0.15, 0.2) is 64.7 Å². The molecule has 0 aromatic carbocycles. The average molecular weight is 313 g/mol. The van der Waals surface area contributed by atoms with E-state index in [9.17, 15) is 0 Å². The smallest absolute Gasteiger partial charge is 0.0647 e. The molecule has 0 saturated carbocycles. The predicted molar refractivity (Wildman–Crippen MR) is 104 cm³/mol. The fraction of sp³-hybridized carbons (Fsp3) is 0.476. The fourth-order valence-corrected chi connectivity index (χ4v) is 2.50. The summed E-state index contributed by atoms with van der Waals surface area (Å²) in [6.45, 7) is 16.5. The Morgan fingerprint density at radius 3 is 2.74 bits per heavy atom. The molecule has 0 aromatic rings. The Labute approximate surface area is 142 Å². The van der Waals surface area contributed by atoms with Crippen LogP contribution in [0.5, 0.6) is 0 Å². The van der Waals surface area contributed by atoms with Crippen LogP contribution in [0.25, 0.3) is 0 Å². The van der Waals surface area contributed by atoms with E-state index in [2.05, 4.69) is 62.6 Å². The highest BCUT2D eigenvalue weighted by Crippen LogP contribution is 2.14. The van der Waals surface area contributed by atoms with Crippen molar-refractivity contribution in [3.8, 4) is 0 Å². The van der Waals surface area contributed by atoms with Gasteiger partial charge in [-0.1, -0.05) is 42.4 Å². The molecule has 0 radical (unpaired) electrons. The number of likely N-dealkylation sites (N-methyl/N-ethyl adjacent to an activating group) is 1. The Morgan fingerprint density at radius 1 is 1.30 bits per heavy atom. The molecule has 0 amide bonds. The van der Waals surface area contributed by atoms with E-state index in [1.54, 1.807) is 0 Å². The van der Waals surface area contributed by atoms with Gasteiger partial charge in [-0.3, -0.25) is 4.99 Å². The van der Waals surface area contributed by atoms with Gasteiger partial charge in [-0.15, -0.1) is 6.58 Å². The predicted octanol–water partition coefficient (Wildman–Crippen LogP) is 5.12. The summed E-state index contributed by atoms with van der Waals surface area (Å²) >= 11 is 0. The monoisotopic (exact) mass is 312 g/mol. The van der Waals surface area contributed by atoms with E-state index in [4.69, 9.17) is 4.99 Å². The van der Waals surface area contributed by atoms with Gasteiger partial charge in [-0.25, -0.2) is 0 Å². The lowest BCUT2D eigenvalue weighted by Gasteiger charge is -2.19. The molecule has 0 aliphatic heterocycles. The van der Waals surface area contributed by atoms with Crippen LogP contribution in [0.1, 0.15) is 40.5 Å². The first-order valence-electron chi connectivity index (χ1n) is 8.67. The molecule has 1 aliphatic rings. The quantitative estimate of drug-likeness (QED) is 0.539. The lowest BCUT2D eigenvalue weighted by Crippen LogP contribution is -2.27. The maximum absolute atomic E-state index is 4.81. The minimum absolute atomic E-state index is 0.848. The van der Waals surface area contributed by atoms with E-state index < -0.39 is 0 Å². The second kappa shape index (κ2) is 11.0. The molecule has 0 saturated heterocycles. The molecule has 0 N–H and O–H groups in total.